The third-order valence-electron chi connectivity index (χ3n) is 6.05. The summed E-state index contributed by atoms with van der Waals surface area (Å²) >= 11 is 4.37. The fraction of sp³-hybridized carbons (Fsp3) is 0.207. The van der Waals surface area contributed by atoms with Crippen LogP contribution >= 0.6 is 27.3 Å². The number of Topliss-reactive ketones (excluding diaryl/α,β-unsaturated/α-hetero) is 1. The molecule has 0 atom stereocenters. The van der Waals surface area contributed by atoms with Crippen molar-refractivity contribution in [1.29, 1.82) is 5.26 Å². The summed E-state index contributed by atoms with van der Waals surface area (Å²) in [4.78, 5) is 26.8. The Morgan fingerprint density at radius 2 is 1.71 bits per heavy atom. The van der Waals surface area contributed by atoms with Crippen LogP contribution in [0.4, 0.5) is 8.78 Å². The minimum absolute atomic E-state index is 0.00380. The Bertz CT molecular complexity index is 1800. The molecular formula is C29H24BrF2N3O2S. The van der Waals surface area contributed by atoms with Crippen LogP contribution in [0, 0.1) is 42.2 Å². The Labute approximate surface area is 230 Å². The van der Waals surface area contributed by atoms with E-state index in [1.54, 1.807) is 26.8 Å². The second kappa shape index (κ2) is 10.3. The van der Waals surface area contributed by atoms with Crippen molar-refractivity contribution >= 4 is 44.7 Å². The number of thiazole rings is 1. The van der Waals surface area contributed by atoms with Crippen molar-refractivity contribution in [2.24, 2.45) is 5.41 Å². The molecule has 0 unspecified atom stereocenters. The maximum absolute atomic E-state index is 14.9. The van der Waals surface area contributed by atoms with Gasteiger partial charge in [-0.15, -0.1) is 11.3 Å². The number of halogens is 3. The largest absolute Gasteiger partial charge is 0.318 e. The van der Waals surface area contributed by atoms with Gasteiger partial charge in [0.2, 0.25) is 0 Å². The van der Waals surface area contributed by atoms with E-state index in [4.69, 9.17) is 0 Å². The standard InChI is InChI=1S/C29H24BrF2N3O2S/c1-16-12-18(17(2)34(16)21-9-6-19(30)7-10-21)13-25-27(37)35(24-11-8-20(31)14-23(24)32)28(38-25)22(15-33)26(36)29(3,4)5/h6-14H,1-5H3/b25-13-,28-22+. The van der Waals surface area contributed by atoms with Gasteiger partial charge in [-0.1, -0.05) is 36.7 Å². The fourth-order valence-corrected chi connectivity index (χ4v) is 5.51. The highest BCUT2D eigenvalue weighted by molar-refractivity contribution is 9.10. The van der Waals surface area contributed by atoms with Crippen molar-refractivity contribution in [3.63, 3.8) is 0 Å². The first kappa shape index (κ1) is 27.4. The van der Waals surface area contributed by atoms with Crippen LogP contribution in [0.2, 0.25) is 0 Å². The summed E-state index contributed by atoms with van der Waals surface area (Å²) in [6.45, 7) is 8.84. The minimum atomic E-state index is -0.980. The van der Waals surface area contributed by atoms with Crippen LogP contribution in [-0.2, 0) is 4.79 Å². The van der Waals surface area contributed by atoms with Gasteiger partial charge in [0, 0.05) is 33.0 Å². The molecule has 0 spiro atoms. The smallest absolute Gasteiger partial charge is 0.273 e. The minimum Gasteiger partial charge on any atom is -0.318 e. The molecule has 0 amide bonds. The Morgan fingerprint density at radius 1 is 1.05 bits per heavy atom. The van der Waals surface area contributed by atoms with E-state index in [0.29, 0.717) is 6.07 Å². The number of carbonyl (C=O) groups excluding carboxylic acids is 1. The maximum atomic E-state index is 14.9. The van der Waals surface area contributed by atoms with Gasteiger partial charge in [0.25, 0.3) is 5.56 Å². The van der Waals surface area contributed by atoms with Crippen molar-refractivity contribution in [1.82, 2.24) is 9.13 Å². The summed E-state index contributed by atoms with van der Waals surface area (Å²) < 4.78 is 32.7. The van der Waals surface area contributed by atoms with E-state index in [9.17, 15) is 23.6 Å². The van der Waals surface area contributed by atoms with Crippen LogP contribution in [0.5, 0.6) is 0 Å². The van der Waals surface area contributed by atoms with Crippen LogP contribution in [0.15, 0.2) is 57.8 Å². The second-order valence-electron chi connectivity index (χ2n) is 9.86. The number of nitrogens with zero attached hydrogens (tertiary/aromatic N) is 3. The van der Waals surface area contributed by atoms with Gasteiger partial charge in [-0.3, -0.25) is 14.2 Å². The van der Waals surface area contributed by atoms with Gasteiger partial charge >= 0.3 is 0 Å². The average molecular weight is 596 g/mol. The van der Waals surface area contributed by atoms with E-state index in [-0.39, 0.29) is 20.5 Å². The monoisotopic (exact) mass is 595 g/mol. The number of carbonyl (C=O) groups is 1. The molecule has 2 heterocycles. The van der Waals surface area contributed by atoms with Gasteiger partial charge in [-0.2, -0.15) is 5.26 Å². The quantitative estimate of drug-likeness (QED) is 0.314. The van der Waals surface area contributed by atoms with E-state index in [0.717, 1.165) is 55.1 Å². The Hall–Kier alpha value is -3.61. The summed E-state index contributed by atoms with van der Waals surface area (Å²) in [5.74, 6) is -2.28. The van der Waals surface area contributed by atoms with Gasteiger partial charge in [-0.25, -0.2) is 8.78 Å². The van der Waals surface area contributed by atoms with Gasteiger partial charge in [-0.05, 0) is 68.0 Å². The summed E-state index contributed by atoms with van der Waals surface area (Å²) in [5, 5.41) is 9.93. The molecule has 4 aromatic rings. The van der Waals surface area contributed by atoms with Crippen LogP contribution in [0.3, 0.4) is 0 Å². The molecule has 0 aliphatic rings. The van der Waals surface area contributed by atoms with E-state index < -0.39 is 28.4 Å². The lowest BCUT2D eigenvalue weighted by Gasteiger charge is -2.15. The zero-order chi connectivity index (χ0) is 27.9. The molecule has 0 saturated heterocycles. The first-order valence-electron chi connectivity index (χ1n) is 11.7. The number of nitriles is 1. The average Bonchev–Trinajstić information content (AvgIpc) is 3.30. The van der Waals surface area contributed by atoms with E-state index in [2.05, 4.69) is 15.9 Å². The van der Waals surface area contributed by atoms with Gasteiger partial charge in [0.05, 0.1) is 10.2 Å². The van der Waals surface area contributed by atoms with Crippen LogP contribution in [0.1, 0.15) is 37.7 Å². The molecule has 2 aromatic carbocycles. The second-order valence-corrected chi connectivity index (χ2v) is 11.8. The number of hydrogen-bond acceptors (Lipinski definition) is 4. The fourth-order valence-electron chi connectivity index (χ4n) is 4.16. The maximum Gasteiger partial charge on any atom is 0.273 e. The third kappa shape index (κ3) is 5.06. The number of aromatic nitrogens is 2. The first-order valence-corrected chi connectivity index (χ1v) is 13.3. The van der Waals surface area contributed by atoms with E-state index in [1.807, 2.05) is 54.8 Å². The molecule has 0 aliphatic carbocycles. The number of rotatable bonds is 4. The summed E-state index contributed by atoms with van der Waals surface area (Å²) in [6, 6.07) is 14.5. The van der Waals surface area contributed by atoms with Crippen molar-refractivity contribution in [2.45, 2.75) is 34.6 Å². The van der Waals surface area contributed by atoms with Crippen molar-refractivity contribution < 1.29 is 13.6 Å². The van der Waals surface area contributed by atoms with E-state index in [1.165, 1.54) is 0 Å². The van der Waals surface area contributed by atoms with Crippen molar-refractivity contribution in [3.8, 4) is 17.4 Å². The lowest BCUT2D eigenvalue weighted by Crippen LogP contribution is -2.33. The van der Waals surface area contributed by atoms with Gasteiger partial charge < -0.3 is 4.57 Å². The first-order chi connectivity index (χ1) is 17.8. The molecule has 9 heteroatoms. The highest BCUT2D eigenvalue weighted by atomic mass is 79.9. The molecular weight excluding hydrogens is 572 g/mol. The number of benzene rings is 2. The molecule has 4 rings (SSSR count). The molecule has 38 heavy (non-hydrogen) atoms. The Kier molecular flexibility index (Phi) is 7.42. The lowest BCUT2D eigenvalue weighted by molar-refractivity contribution is -0.120. The molecule has 0 saturated carbocycles. The molecule has 2 aromatic heterocycles. The molecule has 0 bridgehead atoms. The predicted molar refractivity (Wildman–Crippen MR) is 149 cm³/mol. The predicted octanol–water partition coefficient (Wildman–Crippen LogP) is 5.47. The lowest BCUT2D eigenvalue weighted by atomic mass is 9.87. The molecule has 194 valence electrons. The summed E-state index contributed by atoms with van der Waals surface area (Å²) in [6.07, 6.45) is 1.67. The zero-order valence-electron chi connectivity index (χ0n) is 21.4. The van der Waals surface area contributed by atoms with E-state index >= 15 is 0 Å². The molecule has 0 N–H and O–H groups in total. The Balaban J connectivity index is 2.06. The van der Waals surface area contributed by atoms with Gasteiger partial charge in [0.1, 0.15) is 27.9 Å². The van der Waals surface area contributed by atoms with Crippen molar-refractivity contribution in [2.75, 3.05) is 0 Å². The third-order valence-corrected chi connectivity index (χ3v) is 7.67. The zero-order valence-corrected chi connectivity index (χ0v) is 23.8. The molecule has 0 fully saturated rings. The number of ketones is 1. The van der Waals surface area contributed by atoms with Gasteiger partial charge in [0.15, 0.2) is 5.78 Å². The van der Waals surface area contributed by atoms with Crippen LogP contribution in [-0.4, -0.2) is 14.9 Å². The summed E-state index contributed by atoms with van der Waals surface area (Å²) in [5.41, 5.74) is 1.47. The SMILES string of the molecule is Cc1cc(/C=c2\s/c(=C(\C#N)C(=O)C(C)(C)C)n(-c3ccc(F)cc3F)c2=O)c(C)n1-c1ccc(Br)cc1. The number of hydrogen-bond donors (Lipinski definition) is 0. The van der Waals surface area contributed by atoms with Crippen molar-refractivity contribution in [3.05, 3.63) is 101 Å². The molecule has 0 radical (unpaired) electrons. The normalized spacial score (nSPS) is 13.0. The topological polar surface area (TPSA) is 67.8 Å². The van der Waals surface area contributed by atoms with Crippen LogP contribution in [0.25, 0.3) is 23.0 Å². The highest BCUT2D eigenvalue weighted by Gasteiger charge is 2.28. The van der Waals surface area contributed by atoms with Crippen LogP contribution < -0.4 is 14.8 Å². The molecule has 0 aliphatic heterocycles. The number of aryl methyl sites for hydroxylation is 1. The Morgan fingerprint density at radius 3 is 2.29 bits per heavy atom. The molecule has 5 nitrogen and oxygen atoms in total. The summed E-state index contributed by atoms with van der Waals surface area (Å²) in [7, 11) is 0. The highest BCUT2D eigenvalue weighted by Crippen LogP contribution is 2.23.